The lowest BCUT2D eigenvalue weighted by molar-refractivity contribution is -0.117. The first-order chi connectivity index (χ1) is 7.84. The highest BCUT2D eigenvalue weighted by molar-refractivity contribution is 7.13. The summed E-state index contributed by atoms with van der Waals surface area (Å²) < 4.78 is 0. The van der Waals surface area contributed by atoms with Gasteiger partial charge in [0.05, 0.1) is 11.7 Å². The van der Waals surface area contributed by atoms with Crippen molar-refractivity contribution in [3.05, 3.63) is 23.7 Å². The van der Waals surface area contributed by atoms with Gasteiger partial charge in [-0.1, -0.05) is 26.8 Å². The largest absolute Gasteiger partial charge is 0.320 e. The van der Waals surface area contributed by atoms with E-state index in [1.165, 1.54) is 11.3 Å². The van der Waals surface area contributed by atoms with Crippen molar-refractivity contribution < 1.29 is 4.79 Å². The first kappa shape index (κ1) is 13.9. The molecule has 1 amide bonds. The monoisotopic (exact) mass is 253 g/mol. The molecule has 0 aliphatic heterocycles. The number of nitrogens with one attached hydrogen (secondary N) is 1. The average Bonchev–Trinajstić information content (AvgIpc) is 2.66. The van der Waals surface area contributed by atoms with Crippen molar-refractivity contribution >= 4 is 22.4 Å². The molecule has 1 aromatic rings. The Kier molecular flexibility index (Phi) is 4.42. The zero-order valence-electron chi connectivity index (χ0n) is 10.5. The number of hydrogen-bond donors (Lipinski definition) is 2. The molecule has 1 aromatic heterocycles. The van der Waals surface area contributed by atoms with Crippen LogP contribution in [-0.4, -0.2) is 16.9 Å². The summed E-state index contributed by atoms with van der Waals surface area (Å²) >= 11 is 1.42. The molecule has 0 saturated heterocycles. The van der Waals surface area contributed by atoms with Crippen LogP contribution in [0.2, 0.25) is 0 Å². The molecule has 1 atom stereocenters. The fourth-order valence-electron chi connectivity index (χ4n) is 1.16. The molecule has 1 rings (SSSR count). The molecule has 17 heavy (non-hydrogen) atoms. The Labute approximate surface area is 106 Å². The number of thiazole rings is 1. The Balaban J connectivity index is 2.67. The van der Waals surface area contributed by atoms with Crippen molar-refractivity contribution in [3.63, 3.8) is 0 Å². The van der Waals surface area contributed by atoms with Gasteiger partial charge in [-0.3, -0.25) is 4.79 Å². The molecule has 3 N–H and O–H groups in total. The van der Waals surface area contributed by atoms with Gasteiger partial charge in [0, 0.05) is 10.8 Å². The van der Waals surface area contributed by atoms with Gasteiger partial charge in [0.25, 0.3) is 0 Å². The second-order valence-electron chi connectivity index (χ2n) is 4.91. The smallest absolute Gasteiger partial charge is 0.243 e. The van der Waals surface area contributed by atoms with E-state index in [1.807, 2.05) is 5.38 Å². The minimum Gasteiger partial charge on any atom is -0.320 e. The van der Waals surface area contributed by atoms with Gasteiger partial charge < -0.3 is 11.1 Å². The minimum atomic E-state index is -0.561. The van der Waals surface area contributed by atoms with Crippen LogP contribution in [0, 0.1) is 0 Å². The van der Waals surface area contributed by atoms with Crippen LogP contribution >= 0.6 is 11.3 Å². The van der Waals surface area contributed by atoms with Crippen LogP contribution in [0.25, 0.3) is 0 Å². The van der Waals surface area contributed by atoms with Crippen LogP contribution in [-0.2, 0) is 10.2 Å². The normalized spacial score (nSPS) is 13.2. The lowest BCUT2D eigenvalue weighted by Crippen LogP contribution is -2.35. The van der Waals surface area contributed by atoms with Gasteiger partial charge in [0.2, 0.25) is 5.91 Å². The maximum Gasteiger partial charge on any atom is 0.243 e. The molecule has 0 aliphatic carbocycles. The molecule has 0 bridgehead atoms. The highest BCUT2D eigenvalue weighted by Crippen LogP contribution is 2.26. The van der Waals surface area contributed by atoms with Crippen LogP contribution in [0.4, 0.5) is 5.13 Å². The Morgan fingerprint density at radius 3 is 2.82 bits per heavy atom. The van der Waals surface area contributed by atoms with E-state index in [4.69, 9.17) is 5.73 Å². The second kappa shape index (κ2) is 5.42. The summed E-state index contributed by atoms with van der Waals surface area (Å²) in [5, 5.41) is 5.26. The number of nitrogens with two attached hydrogens (primary N) is 1. The zero-order valence-corrected chi connectivity index (χ0v) is 11.3. The van der Waals surface area contributed by atoms with Crippen molar-refractivity contribution in [2.24, 2.45) is 5.73 Å². The Morgan fingerprint density at radius 2 is 2.35 bits per heavy atom. The Morgan fingerprint density at radius 1 is 1.71 bits per heavy atom. The lowest BCUT2D eigenvalue weighted by Gasteiger charge is -2.14. The van der Waals surface area contributed by atoms with Crippen LogP contribution < -0.4 is 11.1 Å². The van der Waals surface area contributed by atoms with Crippen LogP contribution in [0.15, 0.2) is 18.0 Å². The number of hydrogen-bond acceptors (Lipinski definition) is 4. The number of aromatic nitrogens is 1. The molecule has 0 radical (unpaired) electrons. The first-order valence-corrected chi connectivity index (χ1v) is 6.36. The first-order valence-electron chi connectivity index (χ1n) is 5.48. The van der Waals surface area contributed by atoms with Gasteiger partial charge in [-0.15, -0.1) is 17.9 Å². The maximum atomic E-state index is 11.6. The summed E-state index contributed by atoms with van der Waals surface area (Å²) in [6, 6.07) is -0.561. The lowest BCUT2D eigenvalue weighted by atomic mass is 9.93. The fraction of sp³-hybridized carbons (Fsp3) is 0.500. The number of carbonyl (C=O) groups excluding carboxylic acids is 1. The number of carbonyl (C=O) groups is 1. The van der Waals surface area contributed by atoms with Gasteiger partial charge in [-0.05, 0) is 6.42 Å². The molecule has 0 spiro atoms. The third-order valence-electron chi connectivity index (χ3n) is 2.26. The molecule has 0 fully saturated rings. The van der Waals surface area contributed by atoms with Crippen molar-refractivity contribution in [2.75, 3.05) is 5.32 Å². The number of nitrogens with zero attached hydrogens (tertiary/aromatic N) is 1. The fourth-order valence-corrected chi connectivity index (χ4v) is 2.10. The third kappa shape index (κ3) is 3.94. The SMILES string of the molecule is C=CCC(N)C(=O)Nc1nc(C(C)(C)C)cs1. The van der Waals surface area contributed by atoms with E-state index in [2.05, 4.69) is 37.7 Å². The molecule has 1 unspecified atom stereocenters. The van der Waals surface area contributed by atoms with E-state index < -0.39 is 6.04 Å². The highest BCUT2D eigenvalue weighted by atomic mass is 32.1. The molecular formula is C12H19N3OS. The van der Waals surface area contributed by atoms with Gasteiger partial charge in [0.1, 0.15) is 0 Å². The molecule has 0 aromatic carbocycles. The summed E-state index contributed by atoms with van der Waals surface area (Å²) in [4.78, 5) is 16.0. The molecule has 0 saturated carbocycles. The average molecular weight is 253 g/mol. The van der Waals surface area contributed by atoms with Gasteiger partial charge in [0.15, 0.2) is 5.13 Å². The zero-order chi connectivity index (χ0) is 13.1. The number of rotatable bonds is 4. The molecule has 94 valence electrons. The van der Waals surface area contributed by atoms with Crippen LogP contribution in [0.5, 0.6) is 0 Å². The quantitative estimate of drug-likeness (QED) is 0.809. The summed E-state index contributed by atoms with van der Waals surface area (Å²) in [5.74, 6) is -0.222. The Hall–Kier alpha value is -1.20. The van der Waals surface area contributed by atoms with E-state index in [0.717, 1.165) is 5.69 Å². The van der Waals surface area contributed by atoms with Gasteiger partial charge in [-0.25, -0.2) is 4.98 Å². The maximum absolute atomic E-state index is 11.6. The van der Waals surface area contributed by atoms with Crippen molar-refractivity contribution in [2.45, 2.75) is 38.6 Å². The third-order valence-corrected chi connectivity index (χ3v) is 3.02. The molecule has 1 heterocycles. The number of amides is 1. The molecule has 0 aliphatic rings. The van der Waals surface area contributed by atoms with Crippen molar-refractivity contribution in [1.82, 2.24) is 4.98 Å². The Bertz CT molecular complexity index is 406. The predicted molar refractivity (Wildman–Crippen MR) is 72.2 cm³/mol. The topological polar surface area (TPSA) is 68.0 Å². The van der Waals surface area contributed by atoms with Gasteiger partial charge >= 0.3 is 0 Å². The minimum absolute atomic E-state index is 0.0112. The predicted octanol–water partition coefficient (Wildman–Crippen LogP) is 2.28. The van der Waals surface area contributed by atoms with Crippen molar-refractivity contribution in [1.29, 1.82) is 0 Å². The van der Waals surface area contributed by atoms with Crippen LogP contribution in [0.3, 0.4) is 0 Å². The molecule has 4 nitrogen and oxygen atoms in total. The van der Waals surface area contributed by atoms with Crippen LogP contribution in [0.1, 0.15) is 32.9 Å². The van der Waals surface area contributed by atoms with E-state index >= 15 is 0 Å². The number of anilines is 1. The van der Waals surface area contributed by atoms with Gasteiger partial charge in [-0.2, -0.15) is 0 Å². The summed E-state index contributed by atoms with van der Waals surface area (Å²) in [7, 11) is 0. The standard InChI is InChI=1S/C12H19N3OS/c1-5-6-8(13)10(16)15-11-14-9(7-17-11)12(2,3)4/h5,7-8H,1,6,13H2,2-4H3,(H,14,15,16). The van der Waals surface area contributed by atoms with E-state index in [1.54, 1.807) is 6.08 Å². The molecule has 5 heteroatoms. The highest BCUT2D eigenvalue weighted by Gasteiger charge is 2.19. The summed E-state index contributed by atoms with van der Waals surface area (Å²) in [5.41, 5.74) is 6.62. The van der Waals surface area contributed by atoms with E-state index in [9.17, 15) is 4.79 Å². The van der Waals surface area contributed by atoms with Crippen molar-refractivity contribution in [3.8, 4) is 0 Å². The second-order valence-corrected chi connectivity index (χ2v) is 5.77. The summed E-state index contributed by atoms with van der Waals surface area (Å²) in [6.45, 7) is 9.79. The van der Waals surface area contributed by atoms with E-state index in [0.29, 0.717) is 11.6 Å². The summed E-state index contributed by atoms with van der Waals surface area (Å²) in [6.07, 6.45) is 2.09. The van der Waals surface area contributed by atoms with E-state index in [-0.39, 0.29) is 11.3 Å². The molecular weight excluding hydrogens is 234 g/mol.